The van der Waals surface area contributed by atoms with E-state index in [-0.39, 0.29) is 27.6 Å². The van der Waals surface area contributed by atoms with Crippen molar-refractivity contribution in [2.24, 2.45) is 0 Å². The smallest absolute Gasteiger partial charge is 0.349 e. The molecule has 0 aliphatic carbocycles. The Bertz CT molecular complexity index is 1220. The number of nitrogens with one attached hydrogen (secondary N) is 2. The zero-order chi connectivity index (χ0) is 23.4. The van der Waals surface area contributed by atoms with Crippen LogP contribution in [-0.4, -0.2) is 30.8 Å². The van der Waals surface area contributed by atoms with Gasteiger partial charge in [0.1, 0.15) is 6.33 Å². The van der Waals surface area contributed by atoms with Gasteiger partial charge >= 0.3 is 6.18 Å². The average molecular weight is 485 g/mol. The second kappa shape index (κ2) is 9.63. The van der Waals surface area contributed by atoms with E-state index in [9.17, 15) is 26.4 Å². The first kappa shape index (κ1) is 23.6. The minimum Gasteiger partial charge on any atom is -0.349 e. The van der Waals surface area contributed by atoms with E-state index < -0.39 is 34.2 Å². The van der Waals surface area contributed by atoms with Crippen LogP contribution in [0.15, 0.2) is 66.0 Å². The van der Waals surface area contributed by atoms with Crippen molar-refractivity contribution in [2.45, 2.75) is 17.6 Å². The van der Waals surface area contributed by atoms with E-state index in [1.54, 1.807) is 6.07 Å². The van der Waals surface area contributed by atoms with Gasteiger partial charge in [0, 0.05) is 22.3 Å². The van der Waals surface area contributed by atoms with E-state index >= 15 is 0 Å². The van der Waals surface area contributed by atoms with Crippen molar-refractivity contribution < 1.29 is 26.4 Å². The fourth-order valence-corrected chi connectivity index (χ4v) is 4.17. The zero-order valence-corrected chi connectivity index (χ0v) is 17.8. The van der Waals surface area contributed by atoms with E-state index in [1.807, 2.05) is 0 Å². The Balaban J connectivity index is 1.81. The topological polar surface area (TPSA) is 101 Å². The lowest BCUT2D eigenvalue weighted by molar-refractivity contribution is -0.137. The normalized spacial score (nSPS) is 11.9. The van der Waals surface area contributed by atoms with Gasteiger partial charge < -0.3 is 5.32 Å². The lowest BCUT2D eigenvalue weighted by atomic mass is 10.0. The molecule has 0 unspecified atom stereocenters. The summed E-state index contributed by atoms with van der Waals surface area (Å²) in [6.07, 6.45) is -1.83. The predicted molar refractivity (Wildman–Crippen MR) is 111 cm³/mol. The van der Waals surface area contributed by atoms with Gasteiger partial charge in [0.15, 0.2) is 0 Å². The molecule has 0 aliphatic rings. The first-order valence-electron chi connectivity index (χ1n) is 9.05. The summed E-state index contributed by atoms with van der Waals surface area (Å²) in [6.45, 7) is -0.516. The third-order valence-corrected chi connectivity index (χ3v) is 6.08. The Morgan fingerprint density at radius 2 is 1.81 bits per heavy atom. The Kier molecular flexibility index (Phi) is 7.12. The van der Waals surface area contributed by atoms with Gasteiger partial charge in [0.2, 0.25) is 15.9 Å². The average Bonchev–Trinajstić information content (AvgIpc) is 2.76. The zero-order valence-electron chi connectivity index (χ0n) is 16.2. The van der Waals surface area contributed by atoms with Crippen molar-refractivity contribution in [1.82, 2.24) is 20.0 Å². The standard InChI is InChI=1S/C20H16ClF3N4O3S/c21-17-6-5-13(20(22,23)24)9-16(17)15-3-1-2-4-18(15)32(30,31)28-11-19(29)26-10-14-7-8-25-12-27-14/h1-9,12,28H,10-11H2,(H,26,29). The molecule has 2 aromatic carbocycles. The Morgan fingerprint density at radius 1 is 1.06 bits per heavy atom. The minimum absolute atomic E-state index is 0.0301. The highest BCUT2D eigenvalue weighted by atomic mass is 35.5. The molecule has 0 aliphatic heterocycles. The third-order valence-electron chi connectivity index (χ3n) is 4.29. The number of sulfonamides is 1. The molecule has 12 heteroatoms. The number of nitrogens with zero attached hydrogens (tertiary/aromatic N) is 2. The molecule has 0 radical (unpaired) electrons. The summed E-state index contributed by atoms with van der Waals surface area (Å²) in [4.78, 5) is 19.4. The maximum atomic E-state index is 13.1. The highest BCUT2D eigenvalue weighted by molar-refractivity contribution is 7.89. The van der Waals surface area contributed by atoms with Crippen molar-refractivity contribution in [2.75, 3.05) is 6.54 Å². The van der Waals surface area contributed by atoms with E-state index in [2.05, 4.69) is 20.0 Å². The molecule has 0 spiro atoms. The Hall–Kier alpha value is -3.02. The highest BCUT2D eigenvalue weighted by Gasteiger charge is 2.31. The number of halogens is 4. The quantitative estimate of drug-likeness (QED) is 0.535. The lowest BCUT2D eigenvalue weighted by Gasteiger charge is -2.15. The van der Waals surface area contributed by atoms with Gasteiger partial charge in [0.05, 0.1) is 29.2 Å². The van der Waals surface area contributed by atoms with Gasteiger partial charge in [-0.15, -0.1) is 0 Å². The molecule has 3 rings (SSSR count). The van der Waals surface area contributed by atoms with Crippen molar-refractivity contribution in [3.63, 3.8) is 0 Å². The van der Waals surface area contributed by atoms with Crippen LogP contribution >= 0.6 is 11.6 Å². The first-order chi connectivity index (χ1) is 15.1. The number of rotatable bonds is 7. The molecule has 1 heterocycles. The second-order valence-electron chi connectivity index (χ2n) is 6.49. The minimum atomic E-state index is -4.63. The molecule has 0 saturated heterocycles. The maximum absolute atomic E-state index is 13.1. The summed E-state index contributed by atoms with van der Waals surface area (Å²) in [7, 11) is -4.26. The molecule has 1 aromatic heterocycles. The van der Waals surface area contributed by atoms with Gasteiger partial charge in [-0.25, -0.2) is 23.1 Å². The molecule has 0 atom stereocenters. The SMILES string of the molecule is O=C(CNS(=O)(=O)c1ccccc1-c1cc(C(F)(F)F)ccc1Cl)NCc1ccncn1. The summed E-state index contributed by atoms with van der Waals surface area (Å²) < 4.78 is 67.2. The van der Waals surface area contributed by atoms with Gasteiger partial charge in [-0.2, -0.15) is 13.2 Å². The van der Waals surface area contributed by atoms with Gasteiger partial charge in [0.25, 0.3) is 0 Å². The van der Waals surface area contributed by atoms with Crippen LogP contribution in [0.5, 0.6) is 0 Å². The largest absolute Gasteiger partial charge is 0.416 e. The van der Waals surface area contributed by atoms with Crippen LogP contribution in [-0.2, 0) is 27.5 Å². The molecule has 3 aromatic rings. The van der Waals surface area contributed by atoms with Gasteiger partial charge in [-0.3, -0.25) is 4.79 Å². The maximum Gasteiger partial charge on any atom is 0.416 e. The fraction of sp³-hybridized carbons (Fsp3) is 0.150. The number of amides is 1. The molecular weight excluding hydrogens is 469 g/mol. The molecule has 0 bridgehead atoms. The predicted octanol–water partition coefficient (Wildman–Crippen LogP) is 3.41. The summed E-state index contributed by atoms with van der Waals surface area (Å²) in [5.41, 5.74) is -0.574. The summed E-state index contributed by atoms with van der Waals surface area (Å²) in [5.74, 6) is -0.623. The molecule has 168 valence electrons. The summed E-state index contributed by atoms with van der Waals surface area (Å²) in [5, 5.41) is 2.45. The van der Waals surface area contributed by atoms with Gasteiger partial charge in [-0.05, 0) is 30.3 Å². The van der Waals surface area contributed by atoms with Crippen LogP contribution in [0.4, 0.5) is 13.2 Å². The highest BCUT2D eigenvalue weighted by Crippen LogP contribution is 2.38. The number of alkyl halides is 3. The number of carbonyl (C=O) groups is 1. The monoisotopic (exact) mass is 484 g/mol. The Labute approximate surface area is 186 Å². The fourth-order valence-electron chi connectivity index (χ4n) is 2.74. The summed E-state index contributed by atoms with van der Waals surface area (Å²) in [6, 6.07) is 9.66. The van der Waals surface area contributed by atoms with Crippen molar-refractivity contribution in [1.29, 1.82) is 0 Å². The van der Waals surface area contributed by atoms with E-state index in [1.165, 1.54) is 36.8 Å². The van der Waals surface area contributed by atoms with Crippen molar-refractivity contribution in [3.8, 4) is 11.1 Å². The van der Waals surface area contributed by atoms with E-state index in [4.69, 9.17) is 11.6 Å². The van der Waals surface area contributed by atoms with E-state index in [0.717, 1.165) is 18.2 Å². The lowest BCUT2D eigenvalue weighted by Crippen LogP contribution is -2.36. The molecule has 2 N–H and O–H groups in total. The van der Waals surface area contributed by atoms with Crippen LogP contribution in [0, 0.1) is 0 Å². The first-order valence-corrected chi connectivity index (χ1v) is 10.9. The second-order valence-corrected chi connectivity index (χ2v) is 8.63. The molecule has 1 amide bonds. The van der Waals surface area contributed by atoms with Crippen LogP contribution in [0.3, 0.4) is 0 Å². The molecule has 0 saturated carbocycles. The van der Waals surface area contributed by atoms with Crippen LogP contribution in [0.2, 0.25) is 5.02 Å². The summed E-state index contributed by atoms with van der Waals surface area (Å²) >= 11 is 6.07. The third kappa shape index (κ3) is 5.81. The molecule has 0 fully saturated rings. The van der Waals surface area contributed by atoms with Crippen LogP contribution < -0.4 is 10.0 Å². The number of hydrogen-bond donors (Lipinski definition) is 2. The number of hydrogen-bond acceptors (Lipinski definition) is 5. The Morgan fingerprint density at radius 3 is 2.50 bits per heavy atom. The molecule has 7 nitrogen and oxygen atoms in total. The van der Waals surface area contributed by atoms with Crippen molar-refractivity contribution >= 4 is 27.5 Å². The van der Waals surface area contributed by atoms with Crippen LogP contribution in [0.1, 0.15) is 11.3 Å². The van der Waals surface area contributed by atoms with Crippen LogP contribution in [0.25, 0.3) is 11.1 Å². The van der Waals surface area contributed by atoms with Crippen molar-refractivity contribution in [3.05, 3.63) is 77.3 Å². The van der Waals surface area contributed by atoms with E-state index in [0.29, 0.717) is 5.69 Å². The number of aromatic nitrogens is 2. The van der Waals surface area contributed by atoms with Gasteiger partial charge in [-0.1, -0.05) is 29.8 Å². The number of benzene rings is 2. The molecular formula is C20H16ClF3N4O3S. The number of carbonyl (C=O) groups excluding carboxylic acids is 1. The molecule has 32 heavy (non-hydrogen) atoms.